The molecule has 30 heavy (non-hydrogen) atoms. The van der Waals surface area contributed by atoms with Crippen molar-refractivity contribution in [2.75, 3.05) is 11.9 Å². The molecular weight excluding hydrogens is 386 g/mol. The predicted molar refractivity (Wildman–Crippen MR) is 113 cm³/mol. The van der Waals surface area contributed by atoms with Crippen LogP contribution in [0, 0.1) is 24.0 Å². The smallest absolute Gasteiger partial charge is 0.331 e. The molecule has 1 N–H and O–H groups in total. The highest BCUT2D eigenvalue weighted by Crippen LogP contribution is 2.30. The number of hydrogen-bond acceptors (Lipinski definition) is 6. The Balaban J connectivity index is 1.64. The number of esters is 1. The zero-order valence-electron chi connectivity index (χ0n) is 16.4. The number of hydrogen-bond donors (Lipinski definition) is 1. The standard InChI is InChI=1S/C22H19N3O5/c1-14-8-10-18(25(28)29)21(15(14)2)24-19(26)13-30-20(27)11-9-17-6-3-5-16-7-4-12-23-22(16)17/h3-12H,13H2,1-2H3,(H,24,26)/b11-9+. The number of ether oxygens (including phenoxy) is 1. The molecule has 1 aromatic heterocycles. The van der Waals surface area contributed by atoms with E-state index >= 15 is 0 Å². The van der Waals surface area contributed by atoms with E-state index in [2.05, 4.69) is 10.3 Å². The molecular formula is C22H19N3O5. The summed E-state index contributed by atoms with van der Waals surface area (Å²) in [7, 11) is 0. The maximum Gasteiger partial charge on any atom is 0.331 e. The second-order valence-electron chi connectivity index (χ2n) is 6.57. The van der Waals surface area contributed by atoms with Gasteiger partial charge in [-0.15, -0.1) is 0 Å². The number of nitrogens with one attached hydrogen (secondary N) is 1. The molecule has 3 aromatic rings. The highest BCUT2D eigenvalue weighted by molar-refractivity contribution is 5.97. The number of anilines is 1. The van der Waals surface area contributed by atoms with Crippen LogP contribution in [0.1, 0.15) is 16.7 Å². The van der Waals surface area contributed by atoms with Crippen LogP contribution in [0.25, 0.3) is 17.0 Å². The summed E-state index contributed by atoms with van der Waals surface area (Å²) in [4.78, 5) is 39.1. The number of fused-ring (bicyclic) bond motifs is 1. The first-order valence-electron chi connectivity index (χ1n) is 9.10. The first-order chi connectivity index (χ1) is 14.4. The van der Waals surface area contributed by atoms with Crippen LogP contribution in [0.3, 0.4) is 0 Å². The lowest BCUT2D eigenvalue weighted by Gasteiger charge is -2.11. The van der Waals surface area contributed by atoms with E-state index in [4.69, 9.17) is 4.74 Å². The average Bonchev–Trinajstić information content (AvgIpc) is 2.73. The quantitative estimate of drug-likeness (QED) is 0.288. The lowest BCUT2D eigenvalue weighted by molar-refractivity contribution is -0.384. The first-order valence-corrected chi connectivity index (χ1v) is 9.10. The van der Waals surface area contributed by atoms with Gasteiger partial charge < -0.3 is 10.1 Å². The number of pyridine rings is 1. The zero-order valence-corrected chi connectivity index (χ0v) is 16.4. The van der Waals surface area contributed by atoms with Gasteiger partial charge in [-0.05, 0) is 37.1 Å². The Kier molecular flexibility index (Phi) is 6.17. The Morgan fingerprint density at radius 1 is 1.17 bits per heavy atom. The topological polar surface area (TPSA) is 111 Å². The Morgan fingerprint density at radius 2 is 1.93 bits per heavy atom. The van der Waals surface area contributed by atoms with E-state index in [1.54, 1.807) is 32.2 Å². The van der Waals surface area contributed by atoms with E-state index in [9.17, 15) is 19.7 Å². The third kappa shape index (κ3) is 4.67. The molecule has 0 fully saturated rings. The van der Waals surface area contributed by atoms with Crippen LogP contribution in [0.4, 0.5) is 11.4 Å². The fourth-order valence-electron chi connectivity index (χ4n) is 2.89. The van der Waals surface area contributed by atoms with Gasteiger partial charge in [0.15, 0.2) is 6.61 Å². The van der Waals surface area contributed by atoms with Gasteiger partial charge in [0.05, 0.1) is 10.4 Å². The van der Waals surface area contributed by atoms with Crippen molar-refractivity contribution in [1.82, 2.24) is 4.98 Å². The number of aryl methyl sites for hydroxylation is 1. The molecule has 8 heteroatoms. The molecule has 8 nitrogen and oxygen atoms in total. The maximum atomic E-state index is 12.2. The van der Waals surface area contributed by atoms with Crippen molar-refractivity contribution in [2.24, 2.45) is 0 Å². The first kappa shape index (κ1) is 20.7. The summed E-state index contributed by atoms with van der Waals surface area (Å²) in [5.41, 5.74) is 2.72. The number of aromatic nitrogens is 1. The van der Waals surface area contributed by atoms with Crippen LogP contribution in [0.2, 0.25) is 0 Å². The van der Waals surface area contributed by atoms with Gasteiger partial charge in [0, 0.05) is 29.3 Å². The monoisotopic (exact) mass is 405 g/mol. The Bertz CT molecular complexity index is 1170. The minimum atomic E-state index is -0.714. The molecule has 0 saturated heterocycles. The Morgan fingerprint density at radius 3 is 2.70 bits per heavy atom. The summed E-state index contributed by atoms with van der Waals surface area (Å²) in [6.45, 7) is 2.88. The van der Waals surface area contributed by atoms with E-state index in [-0.39, 0.29) is 11.4 Å². The minimum Gasteiger partial charge on any atom is -0.452 e. The van der Waals surface area contributed by atoms with Gasteiger partial charge in [0.25, 0.3) is 11.6 Å². The molecule has 0 spiro atoms. The van der Waals surface area contributed by atoms with Crippen molar-refractivity contribution in [3.8, 4) is 0 Å². The van der Waals surface area contributed by atoms with Crippen LogP contribution in [0.15, 0.2) is 54.7 Å². The second kappa shape index (κ2) is 8.95. The van der Waals surface area contributed by atoms with Crippen molar-refractivity contribution in [3.05, 3.63) is 81.5 Å². The molecule has 3 rings (SSSR count). The normalized spacial score (nSPS) is 10.9. The fraction of sp³-hybridized carbons (Fsp3) is 0.136. The summed E-state index contributed by atoms with van der Waals surface area (Å²) in [5.74, 6) is -1.38. The van der Waals surface area contributed by atoms with Gasteiger partial charge in [-0.25, -0.2) is 4.79 Å². The molecule has 0 aliphatic heterocycles. The number of para-hydroxylation sites is 1. The molecule has 2 aromatic carbocycles. The molecule has 0 aliphatic rings. The number of amides is 1. The lowest BCUT2D eigenvalue weighted by Crippen LogP contribution is -2.21. The number of benzene rings is 2. The molecule has 0 radical (unpaired) electrons. The van der Waals surface area contributed by atoms with Gasteiger partial charge in [-0.3, -0.25) is 19.9 Å². The van der Waals surface area contributed by atoms with Gasteiger partial charge in [-0.2, -0.15) is 0 Å². The van der Waals surface area contributed by atoms with Crippen molar-refractivity contribution in [1.29, 1.82) is 0 Å². The SMILES string of the molecule is Cc1ccc([N+](=O)[O-])c(NC(=O)COC(=O)/C=C/c2cccc3cccnc23)c1C. The average molecular weight is 405 g/mol. The number of nitro benzene ring substituents is 1. The van der Waals surface area contributed by atoms with Crippen LogP contribution in [0.5, 0.6) is 0 Å². The third-order valence-corrected chi connectivity index (χ3v) is 4.58. The number of nitrogens with zero attached hydrogens (tertiary/aromatic N) is 2. The van der Waals surface area contributed by atoms with E-state index in [0.29, 0.717) is 5.56 Å². The van der Waals surface area contributed by atoms with E-state index < -0.39 is 23.4 Å². The predicted octanol–water partition coefficient (Wildman–Crippen LogP) is 3.95. The van der Waals surface area contributed by atoms with Crippen molar-refractivity contribution in [2.45, 2.75) is 13.8 Å². The van der Waals surface area contributed by atoms with E-state index in [0.717, 1.165) is 22.0 Å². The third-order valence-electron chi connectivity index (χ3n) is 4.58. The second-order valence-corrected chi connectivity index (χ2v) is 6.57. The highest BCUT2D eigenvalue weighted by Gasteiger charge is 2.19. The largest absolute Gasteiger partial charge is 0.452 e. The van der Waals surface area contributed by atoms with Gasteiger partial charge in [-0.1, -0.05) is 30.3 Å². The van der Waals surface area contributed by atoms with E-state index in [1.165, 1.54) is 12.1 Å². The highest BCUT2D eigenvalue weighted by atomic mass is 16.6. The molecule has 0 bridgehead atoms. The maximum absolute atomic E-state index is 12.2. The van der Waals surface area contributed by atoms with E-state index in [1.807, 2.05) is 30.3 Å². The molecule has 0 saturated carbocycles. The van der Waals surface area contributed by atoms with Crippen LogP contribution < -0.4 is 5.32 Å². The minimum absolute atomic E-state index is 0.0958. The zero-order chi connectivity index (χ0) is 21.7. The number of nitro groups is 1. The molecule has 1 heterocycles. The molecule has 0 aliphatic carbocycles. The number of carbonyl (C=O) groups is 2. The van der Waals surface area contributed by atoms with Crippen molar-refractivity contribution in [3.63, 3.8) is 0 Å². The fourth-order valence-corrected chi connectivity index (χ4v) is 2.89. The summed E-state index contributed by atoms with van der Waals surface area (Å²) >= 11 is 0. The van der Waals surface area contributed by atoms with Crippen LogP contribution in [-0.4, -0.2) is 28.4 Å². The Hall–Kier alpha value is -4.07. The Labute approximate surface area is 172 Å². The van der Waals surface area contributed by atoms with Crippen LogP contribution >= 0.6 is 0 Å². The molecule has 152 valence electrons. The molecule has 0 atom stereocenters. The summed E-state index contributed by atoms with van der Waals surface area (Å²) < 4.78 is 4.95. The van der Waals surface area contributed by atoms with Gasteiger partial charge in [0.1, 0.15) is 5.69 Å². The number of carbonyl (C=O) groups excluding carboxylic acids is 2. The summed E-state index contributed by atoms with van der Waals surface area (Å²) in [5, 5.41) is 14.6. The summed E-state index contributed by atoms with van der Waals surface area (Å²) in [6.07, 6.45) is 4.43. The van der Waals surface area contributed by atoms with Crippen LogP contribution in [-0.2, 0) is 14.3 Å². The molecule has 1 amide bonds. The van der Waals surface area contributed by atoms with Gasteiger partial charge >= 0.3 is 5.97 Å². The number of rotatable bonds is 6. The van der Waals surface area contributed by atoms with Gasteiger partial charge in [0.2, 0.25) is 0 Å². The molecule has 0 unspecified atom stereocenters. The van der Waals surface area contributed by atoms with Crippen molar-refractivity contribution >= 4 is 40.2 Å². The van der Waals surface area contributed by atoms with Crippen molar-refractivity contribution < 1.29 is 19.2 Å². The summed E-state index contributed by atoms with van der Waals surface area (Å²) in [6, 6.07) is 12.2. The lowest BCUT2D eigenvalue weighted by atomic mass is 10.1.